The molecule has 1 aromatic heterocycles. The van der Waals surface area contributed by atoms with Crippen molar-refractivity contribution in [2.75, 3.05) is 26.3 Å². The Morgan fingerprint density at radius 2 is 2.16 bits per heavy atom. The van der Waals surface area contributed by atoms with Gasteiger partial charge in [-0.1, -0.05) is 29.8 Å². The Balaban J connectivity index is 0.00000341. The molecule has 3 rings (SSSR count). The number of aliphatic imine (C=N–C) groups is 1. The van der Waals surface area contributed by atoms with Crippen LogP contribution in [0.25, 0.3) is 0 Å². The molecule has 0 saturated carbocycles. The molecule has 0 bridgehead atoms. The van der Waals surface area contributed by atoms with Crippen molar-refractivity contribution in [2.24, 2.45) is 4.99 Å². The number of rotatable bonds is 9. The van der Waals surface area contributed by atoms with Gasteiger partial charge in [-0.05, 0) is 56.4 Å². The lowest BCUT2D eigenvalue weighted by Gasteiger charge is -2.15. The summed E-state index contributed by atoms with van der Waals surface area (Å²) in [5, 5.41) is 7.19. The third-order valence-electron chi connectivity index (χ3n) is 4.92. The summed E-state index contributed by atoms with van der Waals surface area (Å²) in [5.74, 6) is 1.67. The summed E-state index contributed by atoms with van der Waals surface area (Å²) in [5.41, 5.74) is 3.37. The molecule has 1 aromatic carbocycles. The van der Waals surface area contributed by atoms with Gasteiger partial charge in [-0.3, -0.25) is 0 Å². The fraction of sp³-hybridized carbons (Fsp3) is 0.478. The van der Waals surface area contributed by atoms with Crippen LogP contribution in [-0.4, -0.2) is 43.4 Å². The number of hydrogen-bond acceptors (Lipinski definition) is 4. The van der Waals surface area contributed by atoms with Crippen LogP contribution >= 0.6 is 35.6 Å². The van der Waals surface area contributed by atoms with Gasteiger partial charge in [-0.15, -0.1) is 24.0 Å². The molecule has 1 saturated heterocycles. The van der Waals surface area contributed by atoms with Gasteiger partial charge in [0, 0.05) is 31.5 Å². The molecule has 1 atom stereocenters. The molecule has 0 aliphatic carbocycles. The minimum Gasteiger partial charge on any atom is -0.491 e. The van der Waals surface area contributed by atoms with Crippen LogP contribution in [0.5, 0.6) is 5.75 Å². The highest BCUT2D eigenvalue weighted by molar-refractivity contribution is 14.0. The lowest BCUT2D eigenvalue weighted by atomic mass is 10.1. The van der Waals surface area contributed by atoms with E-state index < -0.39 is 0 Å². The van der Waals surface area contributed by atoms with Gasteiger partial charge >= 0.3 is 0 Å². The van der Waals surface area contributed by atoms with Crippen LogP contribution < -0.4 is 15.4 Å². The smallest absolute Gasteiger partial charge is 0.191 e. The Kier molecular flexibility index (Phi) is 11.4. The molecule has 8 heteroatoms. The lowest BCUT2D eigenvalue weighted by molar-refractivity contribution is 0.0676. The van der Waals surface area contributed by atoms with Gasteiger partial charge in [0.2, 0.25) is 0 Å². The second kappa shape index (κ2) is 13.8. The van der Waals surface area contributed by atoms with Gasteiger partial charge in [0.25, 0.3) is 0 Å². The number of pyridine rings is 1. The van der Waals surface area contributed by atoms with Crippen molar-refractivity contribution in [2.45, 2.75) is 45.8 Å². The number of nitrogens with zero attached hydrogens (tertiary/aromatic N) is 2. The van der Waals surface area contributed by atoms with Crippen LogP contribution in [0, 0.1) is 6.92 Å². The monoisotopic (exact) mass is 558 g/mol. The number of benzene rings is 1. The molecular weight excluding hydrogens is 527 g/mol. The van der Waals surface area contributed by atoms with Crippen molar-refractivity contribution in [3.8, 4) is 5.75 Å². The standard InChI is InChI=1S/C23H31ClN4O2.HI/c1-3-25-23(26-11-10-18-7-9-22(24)27-14-18)28-15-19-8-6-17(2)13-21(19)30-16-20-5-4-12-29-20;/h6-9,13-14,20H,3-5,10-12,15-16H2,1-2H3,(H2,25,26,28);1H. The van der Waals surface area contributed by atoms with Crippen LogP contribution in [0.3, 0.4) is 0 Å². The van der Waals surface area contributed by atoms with Crippen LogP contribution in [0.2, 0.25) is 5.15 Å². The van der Waals surface area contributed by atoms with Crippen molar-refractivity contribution in [3.05, 3.63) is 58.4 Å². The van der Waals surface area contributed by atoms with E-state index in [1.54, 1.807) is 6.20 Å². The van der Waals surface area contributed by atoms with E-state index >= 15 is 0 Å². The summed E-state index contributed by atoms with van der Waals surface area (Å²) in [4.78, 5) is 8.87. The Morgan fingerprint density at radius 1 is 1.29 bits per heavy atom. The number of halogens is 2. The van der Waals surface area contributed by atoms with Gasteiger partial charge in [0.1, 0.15) is 17.5 Å². The summed E-state index contributed by atoms with van der Waals surface area (Å²) in [6.07, 6.45) is 5.02. The Hall–Kier alpha value is -1.58. The highest BCUT2D eigenvalue weighted by Crippen LogP contribution is 2.23. The van der Waals surface area contributed by atoms with Gasteiger partial charge in [-0.2, -0.15) is 0 Å². The first kappa shape index (κ1) is 25.7. The van der Waals surface area contributed by atoms with Crippen LogP contribution in [0.1, 0.15) is 36.5 Å². The first-order valence-electron chi connectivity index (χ1n) is 10.6. The van der Waals surface area contributed by atoms with E-state index in [0.717, 1.165) is 61.8 Å². The largest absolute Gasteiger partial charge is 0.491 e. The van der Waals surface area contributed by atoms with Crippen LogP contribution in [0.15, 0.2) is 41.5 Å². The summed E-state index contributed by atoms with van der Waals surface area (Å²) < 4.78 is 11.8. The second-order valence-electron chi connectivity index (χ2n) is 7.42. The molecule has 6 nitrogen and oxygen atoms in total. The van der Waals surface area contributed by atoms with Gasteiger partial charge < -0.3 is 20.1 Å². The molecule has 0 amide bonds. The molecule has 1 aliphatic rings. The first-order valence-corrected chi connectivity index (χ1v) is 11.0. The highest BCUT2D eigenvalue weighted by Gasteiger charge is 2.17. The zero-order valence-electron chi connectivity index (χ0n) is 18.2. The molecule has 1 unspecified atom stereocenters. The fourth-order valence-corrected chi connectivity index (χ4v) is 3.38. The molecule has 1 aliphatic heterocycles. The predicted molar refractivity (Wildman–Crippen MR) is 137 cm³/mol. The maximum atomic E-state index is 6.09. The van der Waals surface area contributed by atoms with Crippen molar-refractivity contribution in [3.63, 3.8) is 0 Å². The van der Waals surface area contributed by atoms with E-state index in [0.29, 0.717) is 18.3 Å². The molecular formula is C23H32ClIN4O2. The molecule has 1 fully saturated rings. The third kappa shape index (κ3) is 8.82. The summed E-state index contributed by atoms with van der Waals surface area (Å²) in [6.45, 7) is 7.65. The van der Waals surface area contributed by atoms with Crippen molar-refractivity contribution < 1.29 is 9.47 Å². The molecule has 2 aromatic rings. The number of aryl methyl sites for hydroxylation is 1. The zero-order valence-corrected chi connectivity index (χ0v) is 21.3. The second-order valence-corrected chi connectivity index (χ2v) is 7.81. The average molecular weight is 559 g/mol. The van der Waals surface area contributed by atoms with E-state index in [4.69, 9.17) is 26.1 Å². The molecule has 31 heavy (non-hydrogen) atoms. The summed E-state index contributed by atoms with van der Waals surface area (Å²) >= 11 is 5.85. The van der Waals surface area contributed by atoms with Crippen LogP contribution in [-0.2, 0) is 17.7 Å². The van der Waals surface area contributed by atoms with E-state index in [1.165, 1.54) is 5.56 Å². The predicted octanol–water partition coefficient (Wildman–Crippen LogP) is 4.52. The minimum absolute atomic E-state index is 0. The van der Waals surface area contributed by atoms with Crippen LogP contribution in [0.4, 0.5) is 0 Å². The first-order chi connectivity index (χ1) is 14.6. The number of ether oxygens (including phenoxy) is 2. The van der Waals surface area contributed by atoms with E-state index in [9.17, 15) is 0 Å². The zero-order chi connectivity index (χ0) is 21.2. The summed E-state index contributed by atoms with van der Waals surface area (Å²) in [6, 6.07) is 10.1. The minimum atomic E-state index is 0. The number of nitrogens with one attached hydrogen (secondary N) is 2. The maximum absolute atomic E-state index is 6.09. The fourth-order valence-electron chi connectivity index (χ4n) is 3.27. The highest BCUT2D eigenvalue weighted by atomic mass is 127. The van der Waals surface area contributed by atoms with Crippen molar-refractivity contribution in [1.29, 1.82) is 0 Å². The van der Waals surface area contributed by atoms with Crippen molar-refractivity contribution in [1.82, 2.24) is 15.6 Å². The van der Waals surface area contributed by atoms with Crippen molar-refractivity contribution >= 4 is 41.5 Å². The Labute approximate surface area is 207 Å². The van der Waals surface area contributed by atoms with E-state index in [-0.39, 0.29) is 30.1 Å². The van der Waals surface area contributed by atoms with Gasteiger partial charge in [0.05, 0.1) is 12.6 Å². The quantitative estimate of drug-likeness (QED) is 0.205. The maximum Gasteiger partial charge on any atom is 0.191 e. The normalized spacial score (nSPS) is 16.0. The van der Waals surface area contributed by atoms with E-state index in [1.807, 2.05) is 12.1 Å². The summed E-state index contributed by atoms with van der Waals surface area (Å²) in [7, 11) is 0. The SMILES string of the molecule is CCNC(=NCc1ccc(C)cc1OCC1CCCO1)NCCc1ccc(Cl)nc1.I. The lowest BCUT2D eigenvalue weighted by Crippen LogP contribution is -2.38. The Morgan fingerprint density at radius 3 is 2.87 bits per heavy atom. The van der Waals surface area contributed by atoms with Gasteiger partial charge in [-0.25, -0.2) is 9.98 Å². The molecule has 0 radical (unpaired) electrons. The molecule has 170 valence electrons. The Bertz CT molecular complexity index is 827. The number of hydrogen-bond donors (Lipinski definition) is 2. The number of guanidine groups is 1. The molecule has 2 heterocycles. The van der Waals surface area contributed by atoms with E-state index in [2.05, 4.69) is 47.7 Å². The third-order valence-corrected chi connectivity index (χ3v) is 5.14. The molecule has 2 N–H and O–H groups in total. The topological polar surface area (TPSA) is 67.8 Å². The average Bonchev–Trinajstić information content (AvgIpc) is 3.26. The molecule has 0 spiro atoms. The van der Waals surface area contributed by atoms with Gasteiger partial charge in [0.15, 0.2) is 5.96 Å². The number of aromatic nitrogens is 1.